The SMILES string of the molecule is COC(=O)[C@H](NC(=O)[C@@H]1C[C@@H](O)CN1C(C)=O)C(c1ccccc1)c1ccccc1. The number of likely N-dealkylation sites (tertiary alicyclic amines) is 1. The molecule has 2 aromatic carbocycles. The fourth-order valence-corrected chi connectivity index (χ4v) is 3.96. The first-order valence-electron chi connectivity index (χ1n) is 9.85. The molecule has 1 saturated heterocycles. The van der Waals surface area contributed by atoms with Crippen molar-refractivity contribution in [1.29, 1.82) is 0 Å². The van der Waals surface area contributed by atoms with Crippen molar-refractivity contribution in [3.8, 4) is 0 Å². The molecule has 1 heterocycles. The number of amides is 2. The highest BCUT2D eigenvalue weighted by molar-refractivity contribution is 5.91. The van der Waals surface area contributed by atoms with Gasteiger partial charge in [0.15, 0.2) is 0 Å². The van der Waals surface area contributed by atoms with Gasteiger partial charge in [0.1, 0.15) is 12.1 Å². The maximum atomic E-state index is 13.1. The third kappa shape index (κ3) is 4.68. The largest absolute Gasteiger partial charge is 0.467 e. The zero-order valence-electron chi connectivity index (χ0n) is 17.0. The van der Waals surface area contributed by atoms with Gasteiger partial charge in [-0.3, -0.25) is 9.59 Å². The molecule has 158 valence electrons. The first kappa shape index (κ1) is 21.5. The molecule has 0 aromatic heterocycles. The normalized spacial score (nSPS) is 19.4. The van der Waals surface area contributed by atoms with E-state index in [2.05, 4.69) is 5.32 Å². The lowest BCUT2D eigenvalue weighted by Gasteiger charge is -2.29. The summed E-state index contributed by atoms with van der Waals surface area (Å²) in [6, 6.07) is 16.9. The van der Waals surface area contributed by atoms with E-state index in [0.29, 0.717) is 0 Å². The van der Waals surface area contributed by atoms with E-state index in [0.717, 1.165) is 11.1 Å². The molecule has 0 spiro atoms. The number of carbonyl (C=O) groups excluding carboxylic acids is 3. The Balaban J connectivity index is 1.96. The highest BCUT2D eigenvalue weighted by Gasteiger charge is 2.41. The van der Waals surface area contributed by atoms with E-state index < -0.39 is 36.0 Å². The molecule has 3 rings (SSSR count). The highest BCUT2D eigenvalue weighted by Crippen LogP contribution is 2.29. The number of rotatable bonds is 6. The van der Waals surface area contributed by atoms with Gasteiger partial charge in [0.25, 0.3) is 0 Å². The molecule has 7 nitrogen and oxygen atoms in total. The molecule has 0 saturated carbocycles. The summed E-state index contributed by atoms with van der Waals surface area (Å²) in [5.41, 5.74) is 1.68. The topological polar surface area (TPSA) is 95.9 Å². The number of nitrogens with one attached hydrogen (secondary N) is 1. The van der Waals surface area contributed by atoms with Gasteiger partial charge in [0, 0.05) is 25.8 Å². The maximum Gasteiger partial charge on any atom is 0.329 e. The molecule has 2 aromatic rings. The fraction of sp³-hybridized carbons (Fsp3) is 0.348. The molecule has 2 N–H and O–H groups in total. The number of hydrogen-bond acceptors (Lipinski definition) is 5. The van der Waals surface area contributed by atoms with Crippen molar-refractivity contribution in [2.45, 2.75) is 37.5 Å². The summed E-state index contributed by atoms with van der Waals surface area (Å²) in [7, 11) is 1.27. The summed E-state index contributed by atoms with van der Waals surface area (Å²) in [4.78, 5) is 39.1. The second kappa shape index (κ2) is 9.54. The standard InChI is InChI=1S/C23H26N2O5/c1-15(26)25-14-18(27)13-19(25)22(28)24-21(23(29)30-2)20(16-9-5-3-6-10-16)17-11-7-4-8-12-17/h3-12,18-21,27H,13-14H2,1-2H3,(H,24,28)/t18-,19+,21-/m1/s1. The minimum absolute atomic E-state index is 0.0944. The molecule has 7 heteroatoms. The summed E-state index contributed by atoms with van der Waals surface area (Å²) < 4.78 is 5.01. The number of nitrogens with zero attached hydrogens (tertiary/aromatic N) is 1. The number of benzene rings is 2. The molecule has 0 unspecified atom stereocenters. The van der Waals surface area contributed by atoms with Crippen LogP contribution in [0, 0.1) is 0 Å². The monoisotopic (exact) mass is 410 g/mol. The van der Waals surface area contributed by atoms with Crippen LogP contribution in [0.4, 0.5) is 0 Å². The molecule has 30 heavy (non-hydrogen) atoms. The lowest BCUT2D eigenvalue weighted by Crippen LogP contribution is -2.52. The van der Waals surface area contributed by atoms with Crippen LogP contribution in [0.1, 0.15) is 30.4 Å². The van der Waals surface area contributed by atoms with Gasteiger partial charge in [-0.25, -0.2) is 4.79 Å². The second-order valence-corrected chi connectivity index (χ2v) is 7.39. The summed E-state index contributed by atoms with van der Waals surface area (Å²) in [5, 5.41) is 12.8. The van der Waals surface area contributed by atoms with Crippen molar-refractivity contribution in [2.75, 3.05) is 13.7 Å². The summed E-state index contributed by atoms with van der Waals surface area (Å²) in [5.74, 6) is -1.87. The van der Waals surface area contributed by atoms with E-state index in [1.54, 1.807) is 0 Å². The van der Waals surface area contributed by atoms with Gasteiger partial charge in [-0.15, -0.1) is 0 Å². The minimum Gasteiger partial charge on any atom is -0.467 e. The first-order valence-corrected chi connectivity index (χ1v) is 9.85. The minimum atomic E-state index is -1.00. The average molecular weight is 410 g/mol. The van der Waals surface area contributed by atoms with Gasteiger partial charge in [-0.1, -0.05) is 60.7 Å². The molecule has 3 atom stereocenters. The van der Waals surface area contributed by atoms with E-state index in [1.165, 1.54) is 18.9 Å². The van der Waals surface area contributed by atoms with Gasteiger partial charge in [-0.2, -0.15) is 0 Å². The maximum absolute atomic E-state index is 13.1. The van der Waals surface area contributed by atoms with Gasteiger partial charge in [0.05, 0.1) is 13.2 Å². The Morgan fingerprint density at radius 2 is 1.57 bits per heavy atom. The van der Waals surface area contributed by atoms with Crippen LogP contribution in [-0.2, 0) is 19.1 Å². The van der Waals surface area contributed by atoms with Crippen molar-refractivity contribution >= 4 is 17.8 Å². The number of aliphatic hydroxyl groups is 1. The van der Waals surface area contributed by atoms with Crippen LogP contribution in [-0.4, -0.2) is 59.6 Å². The molecule has 2 amide bonds. The third-order valence-corrected chi connectivity index (χ3v) is 5.39. The van der Waals surface area contributed by atoms with Crippen LogP contribution in [0.5, 0.6) is 0 Å². The molecule has 1 fully saturated rings. The second-order valence-electron chi connectivity index (χ2n) is 7.39. The van der Waals surface area contributed by atoms with Crippen molar-refractivity contribution in [2.24, 2.45) is 0 Å². The zero-order chi connectivity index (χ0) is 21.7. The first-order chi connectivity index (χ1) is 14.4. The number of methoxy groups -OCH3 is 1. The van der Waals surface area contributed by atoms with E-state index >= 15 is 0 Å². The van der Waals surface area contributed by atoms with Crippen LogP contribution in [0.2, 0.25) is 0 Å². The van der Waals surface area contributed by atoms with Gasteiger partial charge < -0.3 is 20.1 Å². The van der Waals surface area contributed by atoms with Crippen LogP contribution < -0.4 is 5.32 Å². The Hall–Kier alpha value is -3.19. The smallest absolute Gasteiger partial charge is 0.329 e. The van der Waals surface area contributed by atoms with Gasteiger partial charge >= 0.3 is 5.97 Å². The van der Waals surface area contributed by atoms with Gasteiger partial charge in [0.2, 0.25) is 11.8 Å². The predicted molar refractivity (Wildman–Crippen MR) is 110 cm³/mol. The van der Waals surface area contributed by atoms with E-state index in [4.69, 9.17) is 4.74 Å². The predicted octanol–water partition coefficient (Wildman–Crippen LogP) is 1.46. The van der Waals surface area contributed by atoms with E-state index in [1.807, 2.05) is 60.7 Å². The number of ether oxygens (including phenoxy) is 1. The number of esters is 1. The van der Waals surface area contributed by atoms with Crippen molar-refractivity contribution in [3.63, 3.8) is 0 Å². The Morgan fingerprint density at radius 1 is 1.03 bits per heavy atom. The molecular weight excluding hydrogens is 384 g/mol. The van der Waals surface area contributed by atoms with Gasteiger partial charge in [-0.05, 0) is 11.1 Å². The molecule has 0 bridgehead atoms. The number of carbonyl (C=O) groups is 3. The van der Waals surface area contributed by atoms with Crippen molar-refractivity contribution < 1.29 is 24.2 Å². The quantitative estimate of drug-likeness (QED) is 0.703. The molecule has 1 aliphatic heterocycles. The summed E-state index contributed by atoms with van der Waals surface area (Å²) in [6.45, 7) is 1.45. The summed E-state index contributed by atoms with van der Waals surface area (Å²) in [6.07, 6.45) is -0.652. The lowest BCUT2D eigenvalue weighted by molar-refractivity contribution is -0.146. The number of β-amino-alcohol motifs (C(OH)–C–C–N with tert-alkyl or cyclic N) is 1. The Morgan fingerprint density at radius 3 is 2.03 bits per heavy atom. The summed E-state index contributed by atoms with van der Waals surface area (Å²) >= 11 is 0. The van der Waals surface area contributed by atoms with Crippen molar-refractivity contribution in [3.05, 3.63) is 71.8 Å². The third-order valence-electron chi connectivity index (χ3n) is 5.39. The molecule has 0 aliphatic carbocycles. The molecule has 0 radical (unpaired) electrons. The number of hydrogen-bond donors (Lipinski definition) is 2. The highest BCUT2D eigenvalue weighted by atomic mass is 16.5. The molecular formula is C23H26N2O5. The lowest BCUT2D eigenvalue weighted by atomic mass is 9.84. The fourth-order valence-electron chi connectivity index (χ4n) is 3.96. The Kier molecular flexibility index (Phi) is 6.84. The van der Waals surface area contributed by atoms with Crippen LogP contribution in [0.15, 0.2) is 60.7 Å². The Bertz CT molecular complexity index is 847. The van der Waals surface area contributed by atoms with Crippen LogP contribution in [0.25, 0.3) is 0 Å². The van der Waals surface area contributed by atoms with Crippen LogP contribution >= 0.6 is 0 Å². The molecule has 1 aliphatic rings. The van der Waals surface area contributed by atoms with Crippen LogP contribution in [0.3, 0.4) is 0 Å². The number of aliphatic hydroxyl groups excluding tert-OH is 1. The van der Waals surface area contributed by atoms with E-state index in [-0.39, 0.29) is 18.9 Å². The zero-order valence-corrected chi connectivity index (χ0v) is 17.0. The average Bonchev–Trinajstić information content (AvgIpc) is 3.16. The van der Waals surface area contributed by atoms with E-state index in [9.17, 15) is 19.5 Å². The van der Waals surface area contributed by atoms with Crippen molar-refractivity contribution in [1.82, 2.24) is 10.2 Å². The Labute approximate surface area is 175 Å².